The van der Waals surface area contributed by atoms with E-state index in [1.165, 1.54) is 19.2 Å². The number of aliphatic hydroxyl groups is 1. The summed E-state index contributed by atoms with van der Waals surface area (Å²) in [6, 6.07) is 11.7. The number of rotatable bonds is 9. The molecule has 1 fully saturated rings. The summed E-state index contributed by atoms with van der Waals surface area (Å²) in [5, 5.41) is 12.5. The van der Waals surface area contributed by atoms with Crippen LogP contribution in [-0.4, -0.2) is 29.7 Å². The lowest BCUT2D eigenvalue weighted by molar-refractivity contribution is 0.0946. The number of nitrogens with zero attached hydrogens (tertiary/aromatic N) is 1. The van der Waals surface area contributed by atoms with Crippen molar-refractivity contribution in [3.63, 3.8) is 0 Å². The molecule has 0 spiro atoms. The fourth-order valence-electron chi connectivity index (χ4n) is 3.41. The van der Waals surface area contributed by atoms with E-state index in [0.717, 1.165) is 24.0 Å². The van der Waals surface area contributed by atoms with Crippen LogP contribution in [0.2, 0.25) is 0 Å². The molecule has 1 aliphatic carbocycles. The van der Waals surface area contributed by atoms with Gasteiger partial charge in [0.05, 0.1) is 25.9 Å². The lowest BCUT2D eigenvalue weighted by Gasteiger charge is -2.15. The molecule has 0 bridgehead atoms. The molecule has 0 unspecified atom stereocenters. The number of nitrogens with one attached hydrogen (secondary N) is 1. The molecule has 3 aromatic rings. The molecule has 4 rings (SSSR count). The Kier molecular flexibility index (Phi) is 6.66. The first kappa shape index (κ1) is 21.8. The first-order valence-electron chi connectivity index (χ1n) is 10.5. The van der Waals surface area contributed by atoms with Gasteiger partial charge < -0.3 is 19.9 Å². The number of aliphatic hydroxyl groups excluding tert-OH is 1. The van der Waals surface area contributed by atoms with Crippen LogP contribution in [0.5, 0.6) is 11.5 Å². The van der Waals surface area contributed by atoms with Crippen molar-refractivity contribution in [3.8, 4) is 22.6 Å². The van der Waals surface area contributed by atoms with E-state index in [1.807, 2.05) is 6.07 Å². The molecule has 166 valence electrons. The summed E-state index contributed by atoms with van der Waals surface area (Å²) >= 11 is 0. The van der Waals surface area contributed by atoms with E-state index in [1.54, 1.807) is 36.7 Å². The molecule has 0 saturated heterocycles. The van der Waals surface area contributed by atoms with Crippen LogP contribution in [0.25, 0.3) is 11.1 Å². The second kappa shape index (κ2) is 9.78. The van der Waals surface area contributed by atoms with Gasteiger partial charge in [-0.15, -0.1) is 0 Å². The van der Waals surface area contributed by atoms with Gasteiger partial charge in [-0.1, -0.05) is 12.1 Å². The van der Waals surface area contributed by atoms with Crippen molar-refractivity contribution in [2.45, 2.75) is 26.0 Å². The Balaban J connectivity index is 1.58. The highest BCUT2D eigenvalue weighted by Gasteiger charge is 2.23. The third-order valence-electron chi connectivity index (χ3n) is 5.46. The molecule has 6 nitrogen and oxygen atoms in total. The number of carbonyl (C=O) groups excluding carboxylic acids is 1. The number of carbonyl (C=O) groups is 1. The van der Waals surface area contributed by atoms with Crippen molar-refractivity contribution in [2.75, 3.05) is 13.7 Å². The van der Waals surface area contributed by atoms with Crippen molar-refractivity contribution >= 4 is 5.91 Å². The zero-order valence-electron chi connectivity index (χ0n) is 17.8. The van der Waals surface area contributed by atoms with Gasteiger partial charge in [-0.25, -0.2) is 4.39 Å². The van der Waals surface area contributed by atoms with Crippen LogP contribution in [0, 0.1) is 11.7 Å². The first-order valence-corrected chi connectivity index (χ1v) is 10.5. The Hall–Kier alpha value is -3.45. The molecule has 1 heterocycles. The largest absolute Gasteiger partial charge is 0.494 e. The van der Waals surface area contributed by atoms with E-state index in [4.69, 9.17) is 9.47 Å². The summed E-state index contributed by atoms with van der Waals surface area (Å²) in [7, 11) is 1.40. The van der Waals surface area contributed by atoms with Crippen LogP contribution in [-0.2, 0) is 13.2 Å². The van der Waals surface area contributed by atoms with Gasteiger partial charge in [0.2, 0.25) is 0 Å². The first-order chi connectivity index (χ1) is 15.6. The lowest BCUT2D eigenvalue weighted by atomic mass is 9.99. The van der Waals surface area contributed by atoms with Crippen LogP contribution in [0.4, 0.5) is 4.39 Å². The summed E-state index contributed by atoms with van der Waals surface area (Å²) in [5.74, 6) is 0.367. The van der Waals surface area contributed by atoms with Gasteiger partial charge in [-0.2, -0.15) is 0 Å². The van der Waals surface area contributed by atoms with E-state index in [-0.39, 0.29) is 24.8 Å². The fraction of sp³-hybridized carbons (Fsp3) is 0.280. The molecule has 0 radical (unpaired) electrons. The molecule has 0 aliphatic heterocycles. The minimum atomic E-state index is -0.484. The minimum Gasteiger partial charge on any atom is -0.494 e. The van der Waals surface area contributed by atoms with Crippen molar-refractivity contribution < 1.29 is 23.8 Å². The fourth-order valence-corrected chi connectivity index (χ4v) is 3.41. The Morgan fingerprint density at radius 3 is 2.72 bits per heavy atom. The number of halogens is 1. The van der Waals surface area contributed by atoms with Gasteiger partial charge >= 0.3 is 0 Å². The van der Waals surface area contributed by atoms with Gasteiger partial charge in [0.1, 0.15) is 5.75 Å². The maximum Gasteiger partial charge on any atom is 0.255 e. The average Bonchev–Trinajstić information content (AvgIpc) is 3.66. The molecule has 1 aliphatic rings. The normalized spacial score (nSPS) is 13.0. The Labute approximate surface area is 186 Å². The predicted molar refractivity (Wildman–Crippen MR) is 118 cm³/mol. The smallest absolute Gasteiger partial charge is 0.255 e. The summed E-state index contributed by atoms with van der Waals surface area (Å²) in [5.41, 5.74) is 3.20. The molecular weight excluding hydrogens is 411 g/mol. The molecule has 1 amide bonds. The van der Waals surface area contributed by atoms with E-state index in [0.29, 0.717) is 35.0 Å². The van der Waals surface area contributed by atoms with Crippen molar-refractivity contribution in [2.24, 2.45) is 5.92 Å². The van der Waals surface area contributed by atoms with Gasteiger partial charge in [0.25, 0.3) is 5.91 Å². The van der Waals surface area contributed by atoms with E-state index < -0.39 is 5.82 Å². The molecule has 2 N–H and O–H groups in total. The van der Waals surface area contributed by atoms with Gasteiger partial charge in [0.15, 0.2) is 11.6 Å². The summed E-state index contributed by atoms with van der Waals surface area (Å²) in [4.78, 5) is 17.2. The van der Waals surface area contributed by atoms with E-state index in [2.05, 4.69) is 10.3 Å². The van der Waals surface area contributed by atoms with Crippen LogP contribution < -0.4 is 14.8 Å². The molecule has 32 heavy (non-hydrogen) atoms. The quantitative estimate of drug-likeness (QED) is 0.528. The highest BCUT2D eigenvalue weighted by molar-refractivity contribution is 5.98. The second-order valence-corrected chi connectivity index (χ2v) is 7.81. The third kappa shape index (κ3) is 5.06. The molecule has 1 saturated carbocycles. The van der Waals surface area contributed by atoms with Crippen molar-refractivity contribution in [3.05, 3.63) is 77.4 Å². The zero-order chi connectivity index (χ0) is 22.5. The number of methoxy groups -OCH3 is 1. The van der Waals surface area contributed by atoms with Crippen molar-refractivity contribution in [1.82, 2.24) is 10.3 Å². The van der Waals surface area contributed by atoms with Crippen LogP contribution >= 0.6 is 0 Å². The number of pyridine rings is 1. The Morgan fingerprint density at radius 2 is 2.00 bits per heavy atom. The summed E-state index contributed by atoms with van der Waals surface area (Å²) in [6.45, 7) is 0.585. The number of ether oxygens (including phenoxy) is 2. The molecular formula is C25H25FN2O4. The topological polar surface area (TPSA) is 80.7 Å². The number of amides is 1. The summed E-state index contributed by atoms with van der Waals surface area (Å²) < 4.78 is 24.8. The van der Waals surface area contributed by atoms with Crippen LogP contribution in [0.1, 0.15) is 34.3 Å². The predicted octanol–water partition coefficient (Wildman–Crippen LogP) is 4.11. The molecule has 2 aromatic carbocycles. The molecule has 7 heteroatoms. The van der Waals surface area contributed by atoms with Gasteiger partial charge in [-0.3, -0.25) is 9.78 Å². The summed E-state index contributed by atoms with van der Waals surface area (Å²) in [6.07, 6.45) is 5.55. The van der Waals surface area contributed by atoms with E-state index >= 15 is 0 Å². The minimum absolute atomic E-state index is 0.137. The maximum atomic E-state index is 14.0. The SMILES string of the molecule is COc1ccc(CNC(=O)c2cc(-c3cnccc3CO)ccc2OCC2CC2)cc1F. The highest BCUT2D eigenvalue weighted by Crippen LogP contribution is 2.32. The molecule has 0 atom stereocenters. The standard InChI is InChI=1S/C25H25FN2O4/c1-31-24-6-4-17(10-22(24)26)12-28-25(30)20-11-18(21-13-27-9-8-19(21)14-29)5-7-23(20)32-15-16-2-3-16/h4-11,13,16,29H,2-3,12,14-15H2,1H3,(H,28,30). The van der Waals surface area contributed by atoms with Gasteiger partial charge in [0, 0.05) is 24.5 Å². The number of benzene rings is 2. The maximum absolute atomic E-state index is 14.0. The highest BCUT2D eigenvalue weighted by atomic mass is 19.1. The molecule has 1 aromatic heterocycles. The second-order valence-electron chi connectivity index (χ2n) is 7.81. The zero-order valence-corrected chi connectivity index (χ0v) is 17.8. The third-order valence-corrected chi connectivity index (χ3v) is 5.46. The van der Waals surface area contributed by atoms with Gasteiger partial charge in [-0.05, 0) is 65.8 Å². The van der Waals surface area contributed by atoms with E-state index in [9.17, 15) is 14.3 Å². The number of aromatic nitrogens is 1. The van der Waals surface area contributed by atoms with Crippen LogP contribution in [0.3, 0.4) is 0 Å². The monoisotopic (exact) mass is 436 g/mol. The Bertz CT molecular complexity index is 1110. The van der Waals surface area contributed by atoms with Crippen LogP contribution in [0.15, 0.2) is 54.9 Å². The lowest BCUT2D eigenvalue weighted by Crippen LogP contribution is -2.24. The van der Waals surface area contributed by atoms with Crippen molar-refractivity contribution in [1.29, 1.82) is 0 Å². The Morgan fingerprint density at radius 1 is 1.19 bits per heavy atom. The number of hydrogen-bond donors (Lipinski definition) is 2. The average molecular weight is 436 g/mol. The number of hydrogen-bond acceptors (Lipinski definition) is 5.